The minimum Gasteiger partial charge on any atom is -0.315 e. The molecule has 2 atom stereocenters. The van der Waals surface area contributed by atoms with Crippen LogP contribution in [0.4, 0.5) is 0 Å². The Labute approximate surface area is 75.1 Å². The van der Waals surface area contributed by atoms with E-state index < -0.39 is 0 Å². The molecule has 1 saturated heterocycles. The lowest BCUT2D eigenvalue weighted by Gasteiger charge is -2.43. The summed E-state index contributed by atoms with van der Waals surface area (Å²) in [5.41, 5.74) is 0.551. The summed E-state index contributed by atoms with van der Waals surface area (Å²) in [6.45, 7) is 8.31. The number of nitrogens with one attached hydrogen (secondary N) is 2. The number of hydrogen-bond acceptors (Lipinski definition) is 2. The smallest absolute Gasteiger partial charge is 0.00930 e. The van der Waals surface area contributed by atoms with Crippen LogP contribution in [0.15, 0.2) is 0 Å². The van der Waals surface area contributed by atoms with Crippen molar-refractivity contribution in [2.75, 3.05) is 19.6 Å². The van der Waals surface area contributed by atoms with Crippen LogP contribution >= 0.6 is 0 Å². The minimum atomic E-state index is 0.551. The summed E-state index contributed by atoms with van der Waals surface area (Å²) >= 11 is 0. The molecule has 0 amide bonds. The lowest BCUT2D eigenvalue weighted by Crippen LogP contribution is -2.58. The summed E-state index contributed by atoms with van der Waals surface area (Å²) in [6.07, 6.45) is 2.82. The van der Waals surface area contributed by atoms with Gasteiger partial charge in [0.25, 0.3) is 0 Å². The van der Waals surface area contributed by atoms with Gasteiger partial charge < -0.3 is 10.6 Å². The summed E-state index contributed by atoms with van der Waals surface area (Å²) in [7, 11) is 0. The summed E-state index contributed by atoms with van der Waals surface area (Å²) in [4.78, 5) is 0. The van der Waals surface area contributed by atoms with Crippen molar-refractivity contribution >= 4 is 0 Å². The molecule has 12 heavy (non-hydrogen) atoms. The maximum atomic E-state index is 3.67. The van der Waals surface area contributed by atoms with E-state index in [9.17, 15) is 0 Å². The average Bonchev–Trinajstić information content (AvgIpc) is 1.99. The van der Waals surface area contributed by atoms with Crippen molar-refractivity contribution in [3.63, 3.8) is 0 Å². The molecule has 1 heterocycles. The molecule has 0 radical (unpaired) electrons. The quantitative estimate of drug-likeness (QED) is 0.656. The van der Waals surface area contributed by atoms with Gasteiger partial charge in [0.1, 0.15) is 0 Å². The van der Waals surface area contributed by atoms with E-state index >= 15 is 0 Å². The van der Waals surface area contributed by atoms with Gasteiger partial charge in [0.05, 0.1) is 0 Å². The Morgan fingerprint density at radius 3 is 2.50 bits per heavy atom. The normalized spacial score (nSPS) is 38.5. The fraction of sp³-hybridized carbons (Fsp3) is 1.00. The molecule has 1 aliphatic heterocycles. The maximum Gasteiger partial charge on any atom is 0.00930 e. The third kappa shape index (κ3) is 1.50. The molecule has 70 valence electrons. The molecule has 2 rings (SSSR count). The zero-order valence-corrected chi connectivity index (χ0v) is 8.19. The fourth-order valence-corrected chi connectivity index (χ4v) is 2.02. The van der Waals surface area contributed by atoms with Crippen LogP contribution in [0.2, 0.25) is 0 Å². The molecular formula is C10H20N2. The highest BCUT2D eigenvalue weighted by Crippen LogP contribution is 2.28. The third-order valence-corrected chi connectivity index (χ3v) is 3.51. The molecule has 2 nitrogen and oxygen atoms in total. The van der Waals surface area contributed by atoms with Crippen LogP contribution in [0, 0.1) is 11.3 Å². The molecule has 2 unspecified atom stereocenters. The lowest BCUT2D eigenvalue weighted by molar-refractivity contribution is 0.148. The third-order valence-electron chi connectivity index (χ3n) is 3.51. The molecule has 1 aliphatic carbocycles. The zero-order valence-electron chi connectivity index (χ0n) is 8.19. The highest BCUT2D eigenvalue weighted by Gasteiger charge is 2.34. The van der Waals surface area contributed by atoms with Crippen LogP contribution in [0.25, 0.3) is 0 Å². The van der Waals surface area contributed by atoms with Crippen molar-refractivity contribution in [3.05, 3.63) is 0 Å². The first-order valence-electron chi connectivity index (χ1n) is 5.14. The summed E-state index contributed by atoms with van der Waals surface area (Å²) in [5, 5.41) is 7.00. The average molecular weight is 168 g/mol. The van der Waals surface area contributed by atoms with Gasteiger partial charge in [-0.1, -0.05) is 13.8 Å². The van der Waals surface area contributed by atoms with Crippen molar-refractivity contribution in [3.8, 4) is 0 Å². The van der Waals surface area contributed by atoms with E-state index in [2.05, 4.69) is 24.5 Å². The highest BCUT2D eigenvalue weighted by molar-refractivity contribution is 4.93. The second-order valence-corrected chi connectivity index (χ2v) is 4.96. The van der Waals surface area contributed by atoms with Gasteiger partial charge in [-0.2, -0.15) is 0 Å². The van der Waals surface area contributed by atoms with Gasteiger partial charge in [-0.25, -0.2) is 0 Å². The Hall–Kier alpha value is -0.0800. The van der Waals surface area contributed by atoms with Crippen molar-refractivity contribution in [2.45, 2.75) is 32.7 Å². The second kappa shape index (κ2) is 3.00. The largest absolute Gasteiger partial charge is 0.315 e. The fourth-order valence-electron chi connectivity index (χ4n) is 2.02. The van der Waals surface area contributed by atoms with Crippen LogP contribution < -0.4 is 10.6 Å². The van der Waals surface area contributed by atoms with Gasteiger partial charge in [0.2, 0.25) is 0 Å². The second-order valence-electron chi connectivity index (χ2n) is 4.96. The van der Waals surface area contributed by atoms with Crippen molar-refractivity contribution < 1.29 is 0 Å². The molecule has 0 aromatic heterocycles. The molecule has 0 aromatic carbocycles. The van der Waals surface area contributed by atoms with Crippen LogP contribution in [0.1, 0.15) is 26.7 Å². The number of hydrogen-bond donors (Lipinski definition) is 2. The first-order valence-corrected chi connectivity index (χ1v) is 5.14. The molecule has 2 heteroatoms. The van der Waals surface area contributed by atoms with Crippen LogP contribution in [0.3, 0.4) is 0 Å². The summed E-state index contributed by atoms with van der Waals surface area (Å²) in [6, 6.07) is 0.822. The Balaban J connectivity index is 1.67. The van der Waals surface area contributed by atoms with Crippen molar-refractivity contribution in [2.24, 2.45) is 11.3 Å². The molecular weight excluding hydrogens is 148 g/mol. The predicted octanol–water partition coefficient (Wildman–Crippen LogP) is 0.984. The van der Waals surface area contributed by atoms with E-state index in [4.69, 9.17) is 0 Å². The van der Waals surface area contributed by atoms with E-state index in [0.29, 0.717) is 5.41 Å². The number of rotatable bonds is 3. The lowest BCUT2D eigenvalue weighted by atomic mass is 9.79. The zero-order chi connectivity index (χ0) is 8.60. The first-order chi connectivity index (χ1) is 5.70. The van der Waals surface area contributed by atoms with E-state index in [1.54, 1.807) is 0 Å². The predicted molar refractivity (Wildman–Crippen MR) is 51.2 cm³/mol. The Bertz CT molecular complexity index is 163. The summed E-state index contributed by atoms with van der Waals surface area (Å²) < 4.78 is 0. The summed E-state index contributed by atoms with van der Waals surface area (Å²) in [5.74, 6) is 0.918. The Morgan fingerprint density at radius 1 is 1.42 bits per heavy atom. The van der Waals surface area contributed by atoms with E-state index in [1.807, 2.05) is 0 Å². The topological polar surface area (TPSA) is 24.1 Å². The first kappa shape index (κ1) is 8.52. The molecule has 0 aromatic rings. The Kier molecular flexibility index (Phi) is 2.13. The Morgan fingerprint density at radius 2 is 2.17 bits per heavy atom. The van der Waals surface area contributed by atoms with Gasteiger partial charge in [-0.3, -0.25) is 0 Å². The van der Waals surface area contributed by atoms with E-state index in [0.717, 1.165) is 12.0 Å². The van der Waals surface area contributed by atoms with Crippen LogP contribution in [-0.4, -0.2) is 25.7 Å². The van der Waals surface area contributed by atoms with Gasteiger partial charge >= 0.3 is 0 Å². The van der Waals surface area contributed by atoms with E-state index in [1.165, 1.54) is 32.5 Å². The van der Waals surface area contributed by atoms with Gasteiger partial charge in [0, 0.05) is 31.1 Å². The van der Waals surface area contributed by atoms with Crippen molar-refractivity contribution in [1.82, 2.24) is 10.6 Å². The van der Waals surface area contributed by atoms with Gasteiger partial charge in [-0.05, 0) is 18.8 Å². The molecule has 2 fully saturated rings. The van der Waals surface area contributed by atoms with Crippen LogP contribution in [-0.2, 0) is 0 Å². The molecule has 0 bridgehead atoms. The van der Waals surface area contributed by atoms with E-state index in [-0.39, 0.29) is 0 Å². The minimum absolute atomic E-state index is 0.551. The standard InChI is InChI=1S/C10H20N2/c1-8-3-4-9(8)12-7-10(2)5-11-6-10/h8-9,11-12H,3-7H2,1-2H3. The van der Waals surface area contributed by atoms with Gasteiger partial charge in [-0.15, -0.1) is 0 Å². The maximum absolute atomic E-state index is 3.67. The molecule has 2 aliphatic rings. The van der Waals surface area contributed by atoms with Crippen molar-refractivity contribution in [1.29, 1.82) is 0 Å². The monoisotopic (exact) mass is 168 g/mol. The SMILES string of the molecule is CC1CCC1NCC1(C)CNC1. The molecule has 0 spiro atoms. The molecule has 2 N–H and O–H groups in total. The molecule has 1 saturated carbocycles. The van der Waals surface area contributed by atoms with Gasteiger partial charge in [0.15, 0.2) is 0 Å². The van der Waals surface area contributed by atoms with Crippen LogP contribution in [0.5, 0.6) is 0 Å². The highest BCUT2D eigenvalue weighted by atomic mass is 15.0.